The number of aliphatic hydroxyl groups is 1. The molecule has 1 N–H and O–H groups in total. The van der Waals surface area contributed by atoms with Crippen molar-refractivity contribution in [2.75, 3.05) is 0 Å². The lowest BCUT2D eigenvalue weighted by molar-refractivity contribution is 0.275. The normalized spacial score (nSPS) is 11.2. The Morgan fingerprint density at radius 1 is 1.32 bits per heavy atom. The van der Waals surface area contributed by atoms with Gasteiger partial charge in [0, 0.05) is 5.02 Å². The molecule has 4 nitrogen and oxygen atoms in total. The van der Waals surface area contributed by atoms with Gasteiger partial charge in [0.25, 0.3) is 0 Å². The molecule has 1 heterocycles. The molecule has 19 heavy (non-hydrogen) atoms. The molecule has 0 radical (unpaired) electrons. The van der Waals surface area contributed by atoms with Crippen molar-refractivity contribution in [1.82, 2.24) is 15.0 Å². The van der Waals surface area contributed by atoms with Crippen LogP contribution in [0.25, 0.3) is 0 Å². The molecule has 0 saturated carbocycles. The summed E-state index contributed by atoms with van der Waals surface area (Å²) in [6, 6.07) is 7.69. The van der Waals surface area contributed by atoms with Gasteiger partial charge < -0.3 is 5.11 Å². The van der Waals surface area contributed by atoms with Crippen LogP contribution in [-0.2, 0) is 19.6 Å². The molecule has 5 heteroatoms. The van der Waals surface area contributed by atoms with E-state index in [-0.39, 0.29) is 6.61 Å². The fraction of sp³-hybridized carbons (Fsp3) is 0.429. The predicted octanol–water partition coefficient (Wildman–Crippen LogP) is 2.67. The molecule has 0 aliphatic heterocycles. The molecule has 0 bridgehead atoms. The zero-order valence-corrected chi connectivity index (χ0v) is 11.9. The highest BCUT2D eigenvalue weighted by atomic mass is 35.5. The highest BCUT2D eigenvalue weighted by Gasteiger charge is 2.14. The maximum atomic E-state index is 9.32. The van der Waals surface area contributed by atoms with E-state index >= 15 is 0 Å². The lowest BCUT2D eigenvalue weighted by atomic mass is 10.1. The third-order valence-corrected chi connectivity index (χ3v) is 3.32. The Morgan fingerprint density at radius 3 is 2.68 bits per heavy atom. The summed E-state index contributed by atoms with van der Waals surface area (Å²) < 4.78 is 1.83. The summed E-state index contributed by atoms with van der Waals surface area (Å²) in [4.78, 5) is 0. The molecule has 0 aliphatic carbocycles. The first-order valence-electron chi connectivity index (χ1n) is 6.37. The average molecular weight is 280 g/mol. The molecule has 2 aromatic rings. The summed E-state index contributed by atoms with van der Waals surface area (Å²) in [7, 11) is 0. The summed E-state index contributed by atoms with van der Waals surface area (Å²) in [6.45, 7) is 4.77. The van der Waals surface area contributed by atoms with Gasteiger partial charge in [-0.25, -0.2) is 4.68 Å². The molecule has 0 unspecified atom stereocenters. The zero-order chi connectivity index (χ0) is 13.8. The van der Waals surface area contributed by atoms with E-state index in [1.54, 1.807) is 0 Å². The van der Waals surface area contributed by atoms with E-state index in [1.165, 1.54) is 0 Å². The minimum atomic E-state index is -0.0788. The minimum Gasteiger partial charge on any atom is -0.390 e. The third kappa shape index (κ3) is 3.33. The fourth-order valence-corrected chi connectivity index (χ4v) is 2.21. The van der Waals surface area contributed by atoms with Crippen molar-refractivity contribution in [3.63, 3.8) is 0 Å². The van der Waals surface area contributed by atoms with Crippen molar-refractivity contribution in [3.05, 3.63) is 46.2 Å². The second kappa shape index (κ2) is 6.17. The molecule has 0 saturated heterocycles. The first kappa shape index (κ1) is 14.0. The Morgan fingerprint density at radius 2 is 2.05 bits per heavy atom. The van der Waals surface area contributed by atoms with Crippen molar-refractivity contribution in [1.29, 1.82) is 0 Å². The molecule has 0 spiro atoms. The number of aromatic nitrogens is 3. The Bertz CT molecular complexity index is 551. The Kier molecular flexibility index (Phi) is 4.56. The molecule has 0 aliphatic rings. The Balaban J connectivity index is 2.30. The van der Waals surface area contributed by atoms with Crippen LogP contribution < -0.4 is 0 Å². The number of benzene rings is 1. The molecule has 1 aromatic heterocycles. The standard InChI is InChI=1S/C14H18ClN3O/c1-10(2)7-14-13(9-19)16-17-18(14)8-11-5-3-4-6-12(11)15/h3-6,10,19H,7-9H2,1-2H3. The van der Waals surface area contributed by atoms with Gasteiger partial charge >= 0.3 is 0 Å². The summed E-state index contributed by atoms with van der Waals surface area (Å²) in [6.07, 6.45) is 0.841. The third-order valence-electron chi connectivity index (χ3n) is 2.95. The van der Waals surface area contributed by atoms with Crippen LogP contribution in [0.4, 0.5) is 0 Å². The first-order valence-corrected chi connectivity index (χ1v) is 6.75. The van der Waals surface area contributed by atoms with Crippen molar-refractivity contribution in [2.45, 2.75) is 33.4 Å². The van der Waals surface area contributed by atoms with E-state index in [4.69, 9.17) is 11.6 Å². The van der Waals surface area contributed by atoms with Crippen molar-refractivity contribution in [2.24, 2.45) is 5.92 Å². The van der Waals surface area contributed by atoms with E-state index in [1.807, 2.05) is 28.9 Å². The quantitative estimate of drug-likeness (QED) is 0.915. The van der Waals surface area contributed by atoms with Gasteiger partial charge in [-0.15, -0.1) is 5.10 Å². The van der Waals surface area contributed by atoms with Crippen LogP contribution in [-0.4, -0.2) is 20.1 Å². The summed E-state index contributed by atoms with van der Waals surface area (Å²) in [5.41, 5.74) is 2.64. The van der Waals surface area contributed by atoms with Crippen LogP contribution in [0.1, 0.15) is 30.8 Å². The predicted molar refractivity (Wildman–Crippen MR) is 75.0 cm³/mol. The van der Waals surface area contributed by atoms with Crippen LogP contribution in [0.15, 0.2) is 24.3 Å². The van der Waals surface area contributed by atoms with Gasteiger partial charge in [0.15, 0.2) is 0 Å². The number of hydrogen-bond donors (Lipinski definition) is 1. The second-order valence-corrected chi connectivity index (χ2v) is 5.40. The molecular weight excluding hydrogens is 262 g/mol. The van der Waals surface area contributed by atoms with Crippen molar-refractivity contribution < 1.29 is 5.11 Å². The maximum Gasteiger partial charge on any atom is 0.111 e. The lowest BCUT2D eigenvalue weighted by Crippen LogP contribution is -2.10. The molecule has 102 valence electrons. The van der Waals surface area contributed by atoms with Gasteiger partial charge in [0.1, 0.15) is 5.69 Å². The molecule has 0 atom stereocenters. The number of halogens is 1. The van der Waals surface area contributed by atoms with Gasteiger partial charge in [0.05, 0.1) is 18.8 Å². The van der Waals surface area contributed by atoms with Crippen LogP contribution in [0, 0.1) is 5.92 Å². The Hall–Kier alpha value is -1.39. The van der Waals surface area contributed by atoms with Crippen LogP contribution in [0.2, 0.25) is 5.02 Å². The second-order valence-electron chi connectivity index (χ2n) is 4.99. The van der Waals surface area contributed by atoms with Crippen molar-refractivity contribution >= 4 is 11.6 Å². The molecule has 0 fully saturated rings. The smallest absolute Gasteiger partial charge is 0.111 e. The van der Waals surface area contributed by atoms with Gasteiger partial charge in [-0.2, -0.15) is 0 Å². The number of nitrogens with zero attached hydrogens (tertiary/aromatic N) is 3. The zero-order valence-electron chi connectivity index (χ0n) is 11.2. The van der Waals surface area contributed by atoms with E-state index in [0.717, 1.165) is 22.7 Å². The molecular formula is C14H18ClN3O. The van der Waals surface area contributed by atoms with Gasteiger partial charge in [-0.05, 0) is 24.0 Å². The van der Waals surface area contributed by atoms with Crippen LogP contribution in [0.5, 0.6) is 0 Å². The van der Waals surface area contributed by atoms with E-state index in [2.05, 4.69) is 24.2 Å². The maximum absolute atomic E-state index is 9.32. The number of hydrogen-bond acceptors (Lipinski definition) is 3. The van der Waals surface area contributed by atoms with E-state index < -0.39 is 0 Å². The molecule has 1 aromatic carbocycles. The lowest BCUT2D eigenvalue weighted by Gasteiger charge is -2.10. The highest BCUT2D eigenvalue weighted by molar-refractivity contribution is 6.31. The summed E-state index contributed by atoms with van der Waals surface area (Å²) in [5.74, 6) is 0.480. The number of rotatable bonds is 5. The number of aliphatic hydroxyl groups excluding tert-OH is 1. The summed E-state index contributed by atoms with van der Waals surface area (Å²) >= 11 is 6.16. The van der Waals surface area contributed by atoms with Gasteiger partial charge in [-0.1, -0.05) is 48.9 Å². The monoisotopic (exact) mass is 279 g/mol. The highest BCUT2D eigenvalue weighted by Crippen LogP contribution is 2.18. The Labute approximate surface area is 118 Å². The SMILES string of the molecule is CC(C)Cc1c(CO)nnn1Cc1ccccc1Cl. The van der Waals surface area contributed by atoms with E-state index in [9.17, 15) is 5.11 Å². The topological polar surface area (TPSA) is 50.9 Å². The summed E-state index contributed by atoms with van der Waals surface area (Å²) in [5, 5.41) is 18.2. The van der Waals surface area contributed by atoms with Crippen LogP contribution >= 0.6 is 11.6 Å². The average Bonchev–Trinajstić information content (AvgIpc) is 2.74. The van der Waals surface area contributed by atoms with Gasteiger partial charge in [0.2, 0.25) is 0 Å². The largest absolute Gasteiger partial charge is 0.390 e. The first-order chi connectivity index (χ1) is 9.11. The van der Waals surface area contributed by atoms with Crippen LogP contribution in [0.3, 0.4) is 0 Å². The minimum absolute atomic E-state index is 0.0788. The van der Waals surface area contributed by atoms with E-state index in [0.29, 0.717) is 18.2 Å². The molecule has 0 amide bonds. The van der Waals surface area contributed by atoms with Crippen molar-refractivity contribution in [3.8, 4) is 0 Å². The molecule has 2 rings (SSSR count). The van der Waals surface area contributed by atoms with Gasteiger partial charge in [-0.3, -0.25) is 0 Å². The fourth-order valence-electron chi connectivity index (χ4n) is 2.02.